The normalized spacial score (nSPS) is 28.2. The molecule has 0 saturated heterocycles. The summed E-state index contributed by atoms with van der Waals surface area (Å²) in [5.41, 5.74) is 6.47. The Hall–Kier alpha value is -0.540. The Balaban J connectivity index is 2.04. The van der Waals surface area contributed by atoms with Crippen LogP contribution in [0.3, 0.4) is 0 Å². The summed E-state index contributed by atoms with van der Waals surface area (Å²) in [6.07, 6.45) is 2.32. The highest BCUT2D eigenvalue weighted by atomic mass is 32.2. The molecule has 1 aliphatic rings. The molecule has 0 aromatic heterocycles. The second-order valence-electron chi connectivity index (χ2n) is 5.16. The van der Waals surface area contributed by atoms with E-state index in [4.69, 9.17) is 5.73 Å². The van der Waals surface area contributed by atoms with Gasteiger partial charge in [0.25, 0.3) is 0 Å². The van der Waals surface area contributed by atoms with Crippen LogP contribution in [0.4, 0.5) is 4.39 Å². The highest BCUT2D eigenvalue weighted by Gasteiger charge is 2.39. The molecule has 1 nitrogen and oxygen atoms in total. The third kappa shape index (κ3) is 2.41. The zero-order chi connectivity index (χ0) is 11.8. The van der Waals surface area contributed by atoms with Crippen molar-refractivity contribution in [3.8, 4) is 0 Å². The van der Waals surface area contributed by atoms with Crippen molar-refractivity contribution >= 4 is 11.8 Å². The fourth-order valence-electron chi connectivity index (χ4n) is 2.18. The van der Waals surface area contributed by atoms with Crippen molar-refractivity contribution in [3.63, 3.8) is 0 Å². The number of halogens is 1. The first kappa shape index (κ1) is 11.9. The molecule has 0 radical (unpaired) electrons. The van der Waals surface area contributed by atoms with E-state index in [-0.39, 0.29) is 17.3 Å². The van der Waals surface area contributed by atoms with Crippen molar-refractivity contribution in [2.24, 2.45) is 11.1 Å². The van der Waals surface area contributed by atoms with Crippen molar-refractivity contribution < 1.29 is 4.39 Å². The quantitative estimate of drug-likeness (QED) is 0.855. The summed E-state index contributed by atoms with van der Waals surface area (Å²) >= 11 is 1.78. The molecule has 1 fully saturated rings. The van der Waals surface area contributed by atoms with Gasteiger partial charge in [-0.15, -0.1) is 11.8 Å². The standard InChI is InChI=1S/C13H18FNS/c1-13(2)8-7-11(12(13)15)16-10-5-3-9(14)4-6-10/h3-6,11-12H,7-8,15H2,1-2H3. The van der Waals surface area contributed by atoms with Gasteiger partial charge in [0.15, 0.2) is 0 Å². The molecule has 88 valence electrons. The summed E-state index contributed by atoms with van der Waals surface area (Å²) in [5.74, 6) is -0.180. The summed E-state index contributed by atoms with van der Waals surface area (Å²) < 4.78 is 12.8. The second kappa shape index (κ2) is 4.38. The highest BCUT2D eigenvalue weighted by Crippen LogP contribution is 2.43. The lowest BCUT2D eigenvalue weighted by molar-refractivity contribution is 0.334. The minimum Gasteiger partial charge on any atom is -0.326 e. The SMILES string of the molecule is CC1(C)CCC(Sc2ccc(F)cc2)C1N. The lowest BCUT2D eigenvalue weighted by Crippen LogP contribution is -2.38. The van der Waals surface area contributed by atoms with E-state index in [1.54, 1.807) is 11.8 Å². The molecular formula is C13H18FNS. The zero-order valence-electron chi connectivity index (χ0n) is 9.74. The van der Waals surface area contributed by atoms with Crippen LogP contribution in [0.2, 0.25) is 0 Å². The molecular weight excluding hydrogens is 221 g/mol. The van der Waals surface area contributed by atoms with Crippen molar-refractivity contribution in [1.29, 1.82) is 0 Å². The van der Waals surface area contributed by atoms with Gasteiger partial charge in [0.05, 0.1) is 0 Å². The Labute approximate surface area is 101 Å². The number of rotatable bonds is 2. The van der Waals surface area contributed by atoms with Crippen LogP contribution in [0.5, 0.6) is 0 Å². The first-order chi connectivity index (χ1) is 7.49. The molecule has 1 aromatic carbocycles. The van der Waals surface area contributed by atoms with Gasteiger partial charge in [0.1, 0.15) is 5.82 Å². The molecule has 0 heterocycles. The Kier molecular flexibility index (Phi) is 3.27. The number of benzene rings is 1. The summed E-state index contributed by atoms with van der Waals surface area (Å²) in [6, 6.07) is 6.90. The minimum atomic E-state index is -0.180. The lowest BCUT2D eigenvalue weighted by atomic mass is 9.88. The van der Waals surface area contributed by atoms with Gasteiger partial charge < -0.3 is 5.73 Å². The largest absolute Gasteiger partial charge is 0.326 e. The zero-order valence-corrected chi connectivity index (χ0v) is 10.6. The number of hydrogen-bond acceptors (Lipinski definition) is 2. The molecule has 0 amide bonds. The van der Waals surface area contributed by atoms with E-state index in [1.807, 2.05) is 12.1 Å². The molecule has 2 atom stereocenters. The van der Waals surface area contributed by atoms with Crippen LogP contribution in [-0.4, -0.2) is 11.3 Å². The van der Waals surface area contributed by atoms with Gasteiger partial charge in [-0.25, -0.2) is 4.39 Å². The van der Waals surface area contributed by atoms with Gasteiger partial charge in [-0.3, -0.25) is 0 Å². The summed E-state index contributed by atoms with van der Waals surface area (Å²) in [4.78, 5) is 1.11. The van der Waals surface area contributed by atoms with Crippen molar-refractivity contribution in [1.82, 2.24) is 0 Å². The van der Waals surface area contributed by atoms with Crippen LogP contribution in [0.15, 0.2) is 29.2 Å². The van der Waals surface area contributed by atoms with Crippen molar-refractivity contribution in [2.75, 3.05) is 0 Å². The number of nitrogens with two attached hydrogens (primary N) is 1. The topological polar surface area (TPSA) is 26.0 Å². The second-order valence-corrected chi connectivity index (χ2v) is 6.48. The minimum absolute atomic E-state index is 0.180. The van der Waals surface area contributed by atoms with Gasteiger partial charge in [-0.05, 0) is 42.5 Å². The maximum Gasteiger partial charge on any atom is 0.123 e. The molecule has 1 saturated carbocycles. The van der Waals surface area contributed by atoms with Gasteiger partial charge in [-0.2, -0.15) is 0 Å². The lowest BCUT2D eigenvalue weighted by Gasteiger charge is -2.26. The van der Waals surface area contributed by atoms with Gasteiger partial charge in [-0.1, -0.05) is 13.8 Å². The van der Waals surface area contributed by atoms with E-state index in [0.717, 1.165) is 11.3 Å². The molecule has 0 bridgehead atoms. The van der Waals surface area contributed by atoms with Crippen LogP contribution < -0.4 is 5.73 Å². The summed E-state index contributed by atoms with van der Waals surface area (Å²) in [7, 11) is 0. The molecule has 3 heteroatoms. The third-order valence-corrected chi connectivity index (χ3v) is 4.85. The maximum absolute atomic E-state index is 12.8. The molecule has 16 heavy (non-hydrogen) atoms. The van der Waals surface area contributed by atoms with E-state index >= 15 is 0 Å². The molecule has 2 N–H and O–H groups in total. The average Bonchev–Trinajstić information content (AvgIpc) is 2.49. The molecule has 0 aliphatic heterocycles. The fraction of sp³-hybridized carbons (Fsp3) is 0.538. The van der Waals surface area contributed by atoms with Crippen LogP contribution in [0.1, 0.15) is 26.7 Å². The van der Waals surface area contributed by atoms with E-state index < -0.39 is 0 Å². The van der Waals surface area contributed by atoms with E-state index in [9.17, 15) is 4.39 Å². The van der Waals surface area contributed by atoms with Crippen molar-refractivity contribution in [3.05, 3.63) is 30.1 Å². The summed E-state index contributed by atoms with van der Waals surface area (Å²) in [5, 5.41) is 0.459. The van der Waals surface area contributed by atoms with E-state index in [1.165, 1.54) is 18.6 Å². The molecule has 2 unspecified atom stereocenters. The Morgan fingerprint density at radius 1 is 1.31 bits per heavy atom. The maximum atomic E-state index is 12.8. The van der Waals surface area contributed by atoms with E-state index in [0.29, 0.717) is 5.25 Å². The number of hydrogen-bond donors (Lipinski definition) is 1. The average molecular weight is 239 g/mol. The molecule has 0 spiro atoms. The monoisotopic (exact) mass is 239 g/mol. The smallest absolute Gasteiger partial charge is 0.123 e. The first-order valence-corrected chi connectivity index (χ1v) is 6.55. The van der Waals surface area contributed by atoms with Gasteiger partial charge in [0.2, 0.25) is 0 Å². The first-order valence-electron chi connectivity index (χ1n) is 5.67. The fourth-order valence-corrected chi connectivity index (χ4v) is 3.58. The van der Waals surface area contributed by atoms with Crippen LogP contribution >= 0.6 is 11.8 Å². The highest BCUT2D eigenvalue weighted by molar-refractivity contribution is 8.00. The predicted octanol–water partition coefficient (Wildman–Crippen LogP) is 3.43. The number of thioether (sulfide) groups is 1. The Morgan fingerprint density at radius 3 is 2.44 bits per heavy atom. The molecule has 1 aromatic rings. The molecule has 2 rings (SSSR count). The molecule has 1 aliphatic carbocycles. The Bertz CT molecular complexity index is 361. The van der Waals surface area contributed by atoms with Gasteiger partial charge in [0, 0.05) is 16.2 Å². The van der Waals surface area contributed by atoms with Crippen molar-refractivity contribution in [2.45, 2.75) is 42.9 Å². The Morgan fingerprint density at radius 2 is 1.94 bits per heavy atom. The summed E-state index contributed by atoms with van der Waals surface area (Å²) in [6.45, 7) is 4.45. The van der Waals surface area contributed by atoms with Crippen LogP contribution in [0.25, 0.3) is 0 Å². The van der Waals surface area contributed by atoms with E-state index in [2.05, 4.69) is 13.8 Å². The van der Waals surface area contributed by atoms with Gasteiger partial charge >= 0.3 is 0 Å². The predicted molar refractivity (Wildman–Crippen MR) is 67.0 cm³/mol. The third-order valence-electron chi connectivity index (χ3n) is 3.48. The van der Waals surface area contributed by atoms with Crippen LogP contribution in [0, 0.1) is 11.2 Å². The van der Waals surface area contributed by atoms with Crippen LogP contribution in [-0.2, 0) is 0 Å².